The van der Waals surface area contributed by atoms with Gasteiger partial charge in [0.05, 0.1) is 18.1 Å². The molecule has 3 aliphatic carbocycles. The number of carbonyl (C=O) groups excluding carboxylic acids is 9. The zero-order valence-corrected chi connectivity index (χ0v) is 40.4. The highest BCUT2D eigenvalue weighted by molar-refractivity contribution is 6.37. The number of hydrogen-bond donors (Lipinski definition) is 6. The highest BCUT2D eigenvalue weighted by Crippen LogP contribution is 2.47. The Morgan fingerprint density at radius 3 is 0.667 bits per heavy atom. The second kappa shape index (κ2) is 24.2. The molecule has 12 N–H and O–H groups in total. The molecule has 3 atom stereocenters. The second-order valence-electron chi connectivity index (χ2n) is 17.9. The lowest BCUT2D eigenvalue weighted by atomic mass is 9.98. The Morgan fingerprint density at radius 1 is 0.320 bits per heavy atom. The molecule has 3 aliphatic rings. The lowest BCUT2D eigenvalue weighted by Crippen LogP contribution is -2.40. The minimum Gasteiger partial charge on any atom is -0.459 e. The van der Waals surface area contributed by atoms with Crippen molar-refractivity contribution in [2.45, 2.75) is 55.1 Å². The first-order valence-electron chi connectivity index (χ1n) is 23.8. The fourth-order valence-corrected chi connectivity index (χ4v) is 9.39. The maximum Gasteiger partial charge on any atom is 0.376 e. The minimum absolute atomic E-state index is 0.0297. The SMILES string of the molecule is NC(=O)C[C@H](N)C(=O)C(=O)OCC1c2ccccc2-c2ccccc21.NC(=O)C[C@H](N)C(=O)C(=O)OCC1c2ccccc2-c2ccccc21.NC(=O)C[C@H](N)C(=O)C(=O)OCC1c2ccccc2-c2ccccc21. The van der Waals surface area contributed by atoms with Gasteiger partial charge in [-0.25, -0.2) is 14.4 Å². The largest absolute Gasteiger partial charge is 0.459 e. The van der Waals surface area contributed by atoms with E-state index in [4.69, 9.17) is 48.6 Å². The van der Waals surface area contributed by atoms with E-state index in [9.17, 15) is 43.2 Å². The molecular formula is C57H54N6O12. The third kappa shape index (κ3) is 12.5. The molecule has 9 rings (SSSR count). The molecule has 0 radical (unpaired) electrons. The number of ketones is 3. The minimum atomic E-state index is -1.27. The molecule has 3 amide bonds. The molecule has 0 spiro atoms. The van der Waals surface area contributed by atoms with Crippen LogP contribution in [0.5, 0.6) is 0 Å². The predicted molar refractivity (Wildman–Crippen MR) is 274 cm³/mol. The van der Waals surface area contributed by atoms with Crippen molar-refractivity contribution in [2.24, 2.45) is 34.4 Å². The molecular weight excluding hydrogens is 961 g/mol. The number of carbonyl (C=O) groups is 9. The van der Waals surface area contributed by atoms with Crippen LogP contribution < -0.4 is 34.4 Å². The Morgan fingerprint density at radius 2 is 0.493 bits per heavy atom. The van der Waals surface area contributed by atoms with Crippen LogP contribution in [0.2, 0.25) is 0 Å². The summed E-state index contributed by atoms with van der Waals surface area (Å²) in [7, 11) is 0. The Labute approximate surface area is 430 Å². The van der Waals surface area contributed by atoms with Crippen molar-refractivity contribution in [3.63, 3.8) is 0 Å². The van der Waals surface area contributed by atoms with Crippen LogP contribution >= 0.6 is 0 Å². The Kier molecular flexibility index (Phi) is 17.3. The summed E-state index contributed by atoms with van der Waals surface area (Å²) in [5, 5.41) is 0. The molecule has 75 heavy (non-hydrogen) atoms. The van der Waals surface area contributed by atoms with E-state index in [1.165, 1.54) is 0 Å². The first kappa shape index (κ1) is 53.8. The van der Waals surface area contributed by atoms with Gasteiger partial charge in [0.25, 0.3) is 17.3 Å². The summed E-state index contributed by atoms with van der Waals surface area (Å²) in [5.74, 6) is -8.63. The normalized spacial score (nSPS) is 13.6. The fourth-order valence-electron chi connectivity index (χ4n) is 9.39. The summed E-state index contributed by atoms with van der Waals surface area (Å²) in [4.78, 5) is 104. The topological polar surface area (TPSA) is 337 Å². The van der Waals surface area contributed by atoms with Crippen molar-refractivity contribution in [3.8, 4) is 33.4 Å². The zero-order valence-electron chi connectivity index (χ0n) is 40.4. The number of hydrogen-bond acceptors (Lipinski definition) is 15. The van der Waals surface area contributed by atoms with Gasteiger partial charge in [-0.1, -0.05) is 146 Å². The van der Waals surface area contributed by atoms with E-state index in [0.717, 1.165) is 66.8 Å². The van der Waals surface area contributed by atoms with Gasteiger partial charge in [0.1, 0.15) is 19.8 Å². The molecule has 18 heteroatoms. The van der Waals surface area contributed by atoms with Crippen molar-refractivity contribution < 1.29 is 57.4 Å². The number of ether oxygens (including phenoxy) is 3. The molecule has 0 aromatic heterocycles. The van der Waals surface area contributed by atoms with Crippen LogP contribution in [0.15, 0.2) is 146 Å². The third-order valence-electron chi connectivity index (χ3n) is 12.9. The summed E-state index contributed by atoms with van der Waals surface area (Å²) in [6.45, 7) is 0.0890. The van der Waals surface area contributed by atoms with Crippen LogP contribution in [-0.4, -0.2) is 90.9 Å². The van der Waals surface area contributed by atoms with Crippen molar-refractivity contribution in [3.05, 3.63) is 179 Å². The van der Waals surface area contributed by atoms with E-state index in [-0.39, 0.29) is 56.8 Å². The van der Waals surface area contributed by atoms with Crippen molar-refractivity contribution >= 4 is 53.0 Å². The molecule has 384 valence electrons. The van der Waals surface area contributed by atoms with E-state index in [0.29, 0.717) is 0 Å². The van der Waals surface area contributed by atoms with E-state index in [2.05, 4.69) is 0 Å². The molecule has 0 unspecified atom stereocenters. The van der Waals surface area contributed by atoms with Gasteiger partial charge in [0, 0.05) is 37.0 Å². The standard InChI is InChI=1S/3C19H18N2O4/c3*20-16(9-17(21)22)18(23)19(24)25-10-15-13-7-3-1-5-11(13)12-6-2-4-8-14(12)15/h3*1-8,15-16H,9-10,20H2,(H2,21,22)/t3*16-/m000/s1. The van der Waals surface area contributed by atoms with Crippen LogP contribution in [0.1, 0.15) is 70.4 Å². The van der Waals surface area contributed by atoms with Gasteiger partial charge in [-0.15, -0.1) is 0 Å². The predicted octanol–water partition coefficient (Wildman–Crippen LogP) is 3.34. The number of esters is 3. The molecule has 6 aromatic rings. The number of nitrogens with two attached hydrogens (primary N) is 6. The van der Waals surface area contributed by atoms with Crippen molar-refractivity contribution in [2.75, 3.05) is 19.8 Å². The molecule has 0 bridgehead atoms. The van der Waals surface area contributed by atoms with Gasteiger partial charge in [0.15, 0.2) is 0 Å². The highest BCUT2D eigenvalue weighted by atomic mass is 16.5. The summed E-state index contributed by atoms with van der Waals surface area (Å²) >= 11 is 0. The number of benzene rings is 6. The summed E-state index contributed by atoms with van der Waals surface area (Å²) in [5.41, 5.74) is 44.3. The smallest absolute Gasteiger partial charge is 0.376 e. The lowest BCUT2D eigenvalue weighted by molar-refractivity contribution is -0.155. The Hall–Kier alpha value is -8.97. The van der Waals surface area contributed by atoms with Crippen LogP contribution in [0.25, 0.3) is 33.4 Å². The van der Waals surface area contributed by atoms with Crippen LogP contribution in [-0.2, 0) is 57.4 Å². The van der Waals surface area contributed by atoms with Gasteiger partial charge in [-0.3, -0.25) is 28.8 Å². The number of amides is 3. The second-order valence-corrected chi connectivity index (χ2v) is 17.9. The first-order chi connectivity index (χ1) is 36.0. The fraction of sp³-hybridized carbons (Fsp3) is 0.211. The monoisotopic (exact) mass is 1010 g/mol. The first-order valence-corrected chi connectivity index (χ1v) is 23.8. The number of primary amides is 3. The lowest BCUT2D eigenvalue weighted by Gasteiger charge is -2.14. The zero-order chi connectivity index (χ0) is 53.9. The molecule has 0 heterocycles. The maximum absolute atomic E-state index is 11.9. The Balaban J connectivity index is 0.000000164. The van der Waals surface area contributed by atoms with Gasteiger partial charge in [-0.2, -0.15) is 0 Å². The quantitative estimate of drug-likeness (QED) is 0.0409. The third-order valence-corrected chi connectivity index (χ3v) is 12.9. The highest BCUT2D eigenvalue weighted by Gasteiger charge is 2.34. The van der Waals surface area contributed by atoms with Gasteiger partial charge in [0.2, 0.25) is 17.7 Å². The maximum atomic E-state index is 11.9. The van der Waals surface area contributed by atoms with Gasteiger partial charge < -0.3 is 48.6 Å². The molecule has 18 nitrogen and oxygen atoms in total. The number of fused-ring (bicyclic) bond motifs is 9. The molecule has 0 saturated heterocycles. The molecule has 0 fully saturated rings. The average Bonchev–Trinajstić information content (AvgIpc) is 4.04. The molecule has 6 aromatic carbocycles. The van der Waals surface area contributed by atoms with Crippen molar-refractivity contribution in [1.29, 1.82) is 0 Å². The average molecular weight is 1020 g/mol. The van der Waals surface area contributed by atoms with Crippen LogP contribution in [0, 0.1) is 0 Å². The van der Waals surface area contributed by atoms with Crippen molar-refractivity contribution in [1.82, 2.24) is 0 Å². The van der Waals surface area contributed by atoms with E-state index in [1.54, 1.807) is 0 Å². The summed E-state index contributed by atoms with van der Waals surface area (Å²) < 4.78 is 15.6. The summed E-state index contributed by atoms with van der Waals surface area (Å²) in [6, 6.07) is 43.5. The van der Waals surface area contributed by atoms with E-state index >= 15 is 0 Å². The van der Waals surface area contributed by atoms with Crippen LogP contribution in [0.4, 0.5) is 0 Å². The molecule has 0 aliphatic heterocycles. The summed E-state index contributed by atoms with van der Waals surface area (Å²) in [6.07, 6.45) is -1.16. The van der Waals surface area contributed by atoms with E-state index < -0.39 is 71.1 Å². The molecule has 0 saturated carbocycles. The van der Waals surface area contributed by atoms with Gasteiger partial charge >= 0.3 is 17.9 Å². The van der Waals surface area contributed by atoms with E-state index in [1.807, 2.05) is 146 Å². The van der Waals surface area contributed by atoms with Crippen LogP contribution in [0.3, 0.4) is 0 Å². The Bertz CT molecular complexity index is 2740. The van der Waals surface area contributed by atoms with Gasteiger partial charge in [-0.05, 0) is 66.8 Å². The number of Topliss-reactive ketones (excluding diaryl/α,β-unsaturated/α-hetero) is 3. The number of rotatable bonds is 18.